The fourth-order valence-corrected chi connectivity index (χ4v) is 4.32. The standard InChI is InChI=1S/C10H10Br2OS/c11-5-8(13)9-6-3-1-2-4-7(6)10(12)14-9/h1-5H2. The molecule has 1 heterocycles. The molecule has 1 nitrogen and oxygen atoms in total. The van der Waals surface area contributed by atoms with Gasteiger partial charge in [-0.25, -0.2) is 0 Å². The summed E-state index contributed by atoms with van der Waals surface area (Å²) in [5, 5.41) is 0.437. The quantitative estimate of drug-likeness (QED) is 0.589. The third-order valence-electron chi connectivity index (χ3n) is 2.55. The van der Waals surface area contributed by atoms with Crippen LogP contribution in [-0.4, -0.2) is 11.1 Å². The summed E-state index contributed by atoms with van der Waals surface area (Å²) in [7, 11) is 0. The molecule has 0 aromatic carbocycles. The lowest BCUT2D eigenvalue weighted by molar-refractivity contribution is 0.102. The summed E-state index contributed by atoms with van der Waals surface area (Å²) in [5.74, 6) is 0.221. The van der Waals surface area contributed by atoms with Crippen molar-refractivity contribution < 1.29 is 4.79 Å². The summed E-state index contributed by atoms with van der Waals surface area (Å²) in [6.07, 6.45) is 4.68. The zero-order valence-corrected chi connectivity index (χ0v) is 11.6. The molecule has 1 aliphatic rings. The van der Waals surface area contributed by atoms with E-state index >= 15 is 0 Å². The molecule has 0 bridgehead atoms. The van der Waals surface area contributed by atoms with Crippen molar-refractivity contribution in [1.82, 2.24) is 0 Å². The van der Waals surface area contributed by atoms with E-state index in [1.807, 2.05) is 0 Å². The van der Waals surface area contributed by atoms with E-state index in [1.165, 1.54) is 24.0 Å². The van der Waals surface area contributed by atoms with E-state index in [4.69, 9.17) is 0 Å². The van der Waals surface area contributed by atoms with Gasteiger partial charge in [0.05, 0.1) is 14.0 Å². The number of Topliss-reactive ketones (excluding diaryl/α,β-unsaturated/α-hetero) is 1. The minimum absolute atomic E-state index is 0.221. The predicted octanol–water partition coefficient (Wildman–Crippen LogP) is 3.97. The van der Waals surface area contributed by atoms with Crippen LogP contribution in [0.15, 0.2) is 3.79 Å². The summed E-state index contributed by atoms with van der Waals surface area (Å²) in [6.45, 7) is 0. The van der Waals surface area contributed by atoms with Crippen LogP contribution in [0.5, 0.6) is 0 Å². The minimum Gasteiger partial charge on any atom is -0.292 e. The van der Waals surface area contributed by atoms with Crippen molar-refractivity contribution >= 4 is 49.0 Å². The summed E-state index contributed by atoms with van der Waals surface area (Å²) in [5.41, 5.74) is 2.68. The Labute approximate surface area is 104 Å². The van der Waals surface area contributed by atoms with E-state index in [9.17, 15) is 4.79 Å². The van der Waals surface area contributed by atoms with Gasteiger partial charge >= 0.3 is 0 Å². The maximum absolute atomic E-state index is 11.6. The molecule has 1 aliphatic carbocycles. The monoisotopic (exact) mass is 336 g/mol. The molecular weight excluding hydrogens is 328 g/mol. The number of alkyl halides is 1. The molecule has 4 heteroatoms. The molecule has 0 aliphatic heterocycles. The van der Waals surface area contributed by atoms with Gasteiger partial charge < -0.3 is 0 Å². The first-order valence-electron chi connectivity index (χ1n) is 4.63. The summed E-state index contributed by atoms with van der Waals surface area (Å²) >= 11 is 8.38. The molecule has 0 fully saturated rings. The average molecular weight is 338 g/mol. The van der Waals surface area contributed by atoms with E-state index in [-0.39, 0.29) is 5.78 Å². The summed E-state index contributed by atoms with van der Waals surface area (Å²) in [4.78, 5) is 12.6. The minimum atomic E-state index is 0.221. The van der Waals surface area contributed by atoms with Gasteiger partial charge in [0.15, 0.2) is 5.78 Å². The number of thiophene rings is 1. The highest BCUT2D eigenvalue weighted by molar-refractivity contribution is 9.11. The average Bonchev–Trinajstić information content (AvgIpc) is 2.56. The van der Waals surface area contributed by atoms with Gasteiger partial charge in [-0.05, 0) is 52.7 Å². The Morgan fingerprint density at radius 1 is 1.29 bits per heavy atom. The number of halogens is 2. The van der Waals surface area contributed by atoms with E-state index in [2.05, 4.69) is 31.9 Å². The normalized spacial score (nSPS) is 15.3. The molecule has 0 spiro atoms. The molecule has 76 valence electrons. The predicted molar refractivity (Wildman–Crippen MR) is 66.8 cm³/mol. The lowest BCUT2D eigenvalue weighted by Crippen LogP contribution is -2.06. The van der Waals surface area contributed by atoms with Gasteiger partial charge in [0, 0.05) is 0 Å². The number of rotatable bonds is 2. The lowest BCUT2D eigenvalue weighted by atomic mass is 9.93. The van der Waals surface area contributed by atoms with Crippen molar-refractivity contribution in [1.29, 1.82) is 0 Å². The third kappa shape index (κ3) is 1.84. The van der Waals surface area contributed by atoms with Crippen LogP contribution in [0.25, 0.3) is 0 Å². The van der Waals surface area contributed by atoms with Crippen LogP contribution in [0.3, 0.4) is 0 Å². The van der Waals surface area contributed by atoms with Crippen LogP contribution >= 0.6 is 43.2 Å². The Balaban J connectivity index is 2.46. The third-order valence-corrected chi connectivity index (χ3v) is 5.12. The highest BCUT2D eigenvalue weighted by atomic mass is 79.9. The van der Waals surface area contributed by atoms with Gasteiger partial charge in [-0.15, -0.1) is 11.3 Å². The molecule has 0 N–H and O–H groups in total. The summed E-state index contributed by atoms with van der Waals surface area (Å²) < 4.78 is 1.16. The maximum Gasteiger partial charge on any atom is 0.183 e. The first kappa shape index (κ1) is 10.8. The van der Waals surface area contributed by atoms with Gasteiger partial charge in [0.2, 0.25) is 0 Å². The van der Waals surface area contributed by atoms with E-state index in [0.717, 1.165) is 21.5 Å². The molecule has 0 amide bonds. The fourth-order valence-electron chi connectivity index (χ4n) is 1.87. The number of hydrogen-bond acceptors (Lipinski definition) is 2. The molecule has 0 saturated carbocycles. The SMILES string of the molecule is O=C(CBr)c1sc(Br)c2c1CCCC2. The van der Waals surface area contributed by atoms with Crippen LogP contribution < -0.4 is 0 Å². The highest BCUT2D eigenvalue weighted by Crippen LogP contribution is 2.38. The second-order valence-electron chi connectivity index (χ2n) is 3.43. The number of carbonyl (C=O) groups is 1. The van der Waals surface area contributed by atoms with Gasteiger partial charge in [-0.3, -0.25) is 4.79 Å². The van der Waals surface area contributed by atoms with Gasteiger partial charge in [0.1, 0.15) is 0 Å². The molecule has 0 saturated heterocycles. The van der Waals surface area contributed by atoms with Crippen molar-refractivity contribution in [3.8, 4) is 0 Å². The van der Waals surface area contributed by atoms with Crippen molar-refractivity contribution in [3.05, 3.63) is 19.8 Å². The molecule has 1 aromatic rings. The number of ketones is 1. The van der Waals surface area contributed by atoms with Crippen molar-refractivity contribution in [2.24, 2.45) is 0 Å². The number of fused-ring (bicyclic) bond motifs is 1. The zero-order chi connectivity index (χ0) is 10.1. The van der Waals surface area contributed by atoms with Crippen LogP contribution in [0, 0.1) is 0 Å². The molecule has 2 rings (SSSR count). The molecule has 0 atom stereocenters. The first-order chi connectivity index (χ1) is 6.74. The fraction of sp³-hybridized carbons (Fsp3) is 0.500. The van der Waals surface area contributed by atoms with E-state index in [0.29, 0.717) is 5.33 Å². The highest BCUT2D eigenvalue weighted by Gasteiger charge is 2.22. The van der Waals surface area contributed by atoms with Crippen LogP contribution in [0.4, 0.5) is 0 Å². The van der Waals surface area contributed by atoms with Crippen LogP contribution in [-0.2, 0) is 12.8 Å². The second-order valence-corrected chi connectivity index (χ2v) is 6.33. The summed E-state index contributed by atoms with van der Waals surface area (Å²) in [6, 6.07) is 0. The molecule has 0 radical (unpaired) electrons. The molecule has 1 aromatic heterocycles. The van der Waals surface area contributed by atoms with Gasteiger partial charge in [-0.1, -0.05) is 15.9 Å². The topological polar surface area (TPSA) is 17.1 Å². The van der Waals surface area contributed by atoms with Crippen molar-refractivity contribution in [3.63, 3.8) is 0 Å². The molecular formula is C10H10Br2OS. The Hall–Kier alpha value is 0.330. The Kier molecular flexibility index (Phi) is 3.45. The maximum atomic E-state index is 11.6. The molecule has 0 unspecified atom stereocenters. The largest absolute Gasteiger partial charge is 0.292 e. The molecule has 14 heavy (non-hydrogen) atoms. The Morgan fingerprint density at radius 2 is 1.93 bits per heavy atom. The Morgan fingerprint density at radius 3 is 2.57 bits per heavy atom. The van der Waals surface area contributed by atoms with E-state index in [1.54, 1.807) is 11.3 Å². The smallest absolute Gasteiger partial charge is 0.183 e. The van der Waals surface area contributed by atoms with E-state index < -0.39 is 0 Å². The van der Waals surface area contributed by atoms with Crippen LogP contribution in [0.2, 0.25) is 0 Å². The van der Waals surface area contributed by atoms with Crippen molar-refractivity contribution in [2.75, 3.05) is 5.33 Å². The number of carbonyl (C=O) groups excluding carboxylic acids is 1. The number of hydrogen-bond donors (Lipinski definition) is 0. The Bertz CT molecular complexity index is 370. The van der Waals surface area contributed by atoms with Crippen LogP contribution in [0.1, 0.15) is 33.6 Å². The van der Waals surface area contributed by atoms with Gasteiger partial charge in [-0.2, -0.15) is 0 Å². The first-order valence-corrected chi connectivity index (χ1v) is 7.36. The van der Waals surface area contributed by atoms with Crippen molar-refractivity contribution in [2.45, 2.75) is 25.7 Å². The lowest BCUT2D eigenvalue weighted by Gasteiger charge is -2.12. The zero-order valence-electron chi connectivity index (χ0n) is 7.61. The van der Waals surface area contributed by atoms with Gasteiger partial charge in [0.25, 0.3) is 0 Å². The second kappa shape index (κ2) is 4.45.